The zero-order valence-electron chi connectivity index (χ0n) is 12.7. The van der Waals surface area contributed by atoms with Crippen LogP contribution in [0.3, 0.4) is 0 Å². The fourth-order valence-electron chi connectivity index (χ4n) is 2.78. The number of nitrogens with zero attached hydrogens (tertiary/aromatic N) is 1. The van der Waals surface area contributed by atoms with Crippen molar-refractivity contribution in [1.29, 1.82) is 0 Å². The normalized spacial score (nSPS) is 16.4. The van der Waals surface area contributed by atoms with Crippen LogP contribution in [0.5, 0.6) is 0 Å². The maximum absolute atomic E-state index is 13.4. The summed E-state index contributed by atoms with van der Waals surface area (Å²) in [5, 5.41) is 10.8. The highest BCUT2D eigenvalue weighted by molar-refractivity contribution is 5.30. The third-order valence-corrected chi connectivity index (χ3v) is 4.33. The first kappa shape index (κ1) is 16.1. The quantitative estimate of drug-likeness (QED) is 0.850. The van der Waals surface area contributed by atoms with Gasteiger partial charge in [-0.15, -0.1) is 0 Å². The average molecular weight is 267 g/mol. The van der Waals surface area contributed by atoms with Gasteiger partial charge in [0.15, 0.2) is 0 Å². The van der Waals surface area contributed by atoms with E-state index in [1.54, 1.807) is 6.07 Å². The van der Waals surface area contributed by atoms with Crippen LogP contribution >= 0.6 is 0 Å². The van der Waals surface area contributed by atoms with Crippen molar-refractivity contribution in [2.24, 2.45) is 0 Å². The van der Waals surface area contributed by atoms with E-state index in [0.29, 0.717) is 5.56 Å². The van der Waals surface area contributed by atoms with Gasteiger partial charge in [0.1, 0.15) is 5.82 Å². The van der Waals surface area contributed by atoms with E-state index in [9.17, 15) is 9.50 Å². The highest BCUT2D eigenvalue weighted by Crippen LogP contribution is 2.35. The molecule has 0 aliphatic heterocycles. The predicted octanol–water partition coefficient (Wildman–Crippen LogP) is 3.68. The molecular formula is C16H26FNO. The first-order chi connectivity index (χ1) is 8.90. The molecule has 108 valence electrons. The standard InChI is InChI=1S/C16H26FNO/c1-6-16(5,18(7-2)8-3)15(19)14-11-13(17)10-9-12(14)4/h9-11,15,19H,6-8H2,1-5H3. The number of likely N-dealkylation sites (N-methyl/N-ethyl adjacent to an activating group) is 1. The Morgan fingerprint density at radius 2 is 1.84 bits per heavy atom. The van der Waals surface area contributed by atoms with Gasteiger partial charge >= 0.3 is 0 Å². The maximum Gasteiger partial charge on any atom is 0.123 e. The van der Waals surface area contributed by atoms with Crippen molar-refractivity contribution < 1.29 is 9.50 Å². The first-order valence-corrected chi connectivity index (χ1v) is 7.09. The van der Waals surface area contributed by atoms with E-state index in [1.807, 2.05) is 6.92 Å². The van der Waals surface area contributed by atoms with Crippen LogP contribution in [-0.2, 0) is 0 Å². The number of aliphatic hydroxyl groups excluding tert-OH is 1. The van der Waals surface area contributed by atoms with E-state index in [-0.39, 0.29) is 11.4 Å². The van der Waals surface area contributed by atoms with E-state index < -0.39 is 6.10 Å². The van der Waals surface area contributed by atoms with Crippen LogP contribution in [0.1, 0.15) is 51.3 Å². The third kappa shape index (κ3) is 3.15. The minimum atomic E-state index is -0.687. The molecule has 1 rings (SSSR count). The number of benzene rings is 1. The summed E-state index contributed by atoms with van der Waals surface area (Å²) in [7, 11) is 0. The summed E-state index contributed by atoms with van der Waals surface area (Å²) in [5.74, 6) is -0.294. The van der Waals surface area contributed by atoms with Crippen molar-refractivity contribution in [1.82, 2.24) is 4.90 Å². The molecule has 0 fully saturated rings. The smallest absolute Gasteiger partial charge is 0.123 e. The Balaban J connectivity index is 3.20. The molecule has 19 heavy (non-hydrogen) atoms. The van der Waals surface area contributed by atoms with Gasteiger partial charge in [0.05, 0.1) is 6.10 Å². The van der Waals surface area contributed by atoms with Crippen molar-refractivity contribution >= 4 is 0 Å². The Bertz CT molecular complexity index is 417. The second-order valence-electron chi connectivity index (χ2n) is 5.29. The Morgan fingerprint density at radius 1 is 1.26 bits per heavy atom. The molecule has 0 saturated carbocycles. The zero-order valence-corrected chi connectivity index (χ0v) is 12.7. The van der Waals surface area contributed by atoms with Crippen molar-refractivity contribution in [3.8, 4) is 0 Å². The van der Waals surface area contributed by atoms with E-state index >= 15 is 0 Å². The summed E-state index contributed by atoms with van der Waals surface area (Å²) < 4.78 is 13.4. The lowest BCUT2D eigenvalue weighted by molar-refractivity contribution is -0.0218. The van der Waals surface area contributed by atoms with Gasteiger partial charge in [-0.05, 0) is 56.6 Å². The van der Waals surface area contributed by atoms with Crippen molar-refractivity contribution in [3.05, 3.63) is 35.1 Å². The maximum atomic E-state index is 13.4. The fourth-order valence-corrected chi connectivity index (χ4v) is 2.78. The molecule has 0 radical (unpaired) electrons. The van der Waals surface area contributed by atoms with Crippen molar-refractivity contribution in [2.45, 2.75) is 52.7 Å². The minimum absolute atomic E-state index is 0.294. The molecule has 1 aromatic rings. The lowest BCUT2D eigenvalue weighted by Gasteiger charge is -2.44. The molecule has 0 bridgehead atoms. The lowest BCUT2D eigenvalue weighted by atomic mass is 9.83. The summed E-state index contributed by atoms with van der Waals surface area (Å²) in [6.07, 6.45) is 0.124. The van der Waals surface area contributed by atoms with Gasteiger partial charge in [-0.1, -0.05) is 26.8 Å². The predicted molar refractivity (Wildman–Crippen MR) is 77.7 cm³/mol. The second kappa shape index (κ2) is 6.49. The number of halogens is 1. The summed E-state index contributed by atoms with van der Waals surface area (Å²) in [6.45, 7) is 11.9. The monoisotopic (exact) mass is 267 g/mol. The van der Waals surface area contributed by atoms with Crippen LogP contribution in [0.25, 0.3) is 0 Å². The molecule has 2 atom stereocenters. The Morgan fingerprint density at radius 3 is 2.32 bits per heavy atom. The summed E-state index contributed by atoms with van der Waals surface area (Å²) in [6, 6.07) is 4.62. The van der Waals surface area contributed by atoms with Gasteiger partial charge in [0.25, 0.3) is 0 Å². The van der Waals surface area contributed by atoms with E-state index in [1.165, 1.54) is 12.1 Å². The topological polar surface area (TPSA) is 23.5 Å². The molecule has 0 spiro atoms. The van der Waals surface area contributed by atoms with Gasteiger partial charge in [0.2, 0.25) is 0 Å². The molecule has 1 aromatic carbocycles. The summed E-state index contributed by atoms with van der Waals surface area (Å²) in [5.41, 5.74) is 1.25. The van der Waals surface area contributed by atoms with E-state index in [4.69, 9.17) is 0 Å². The Kier molecular flexibility index (Phi) is 5.50. The molecule has 0 heterocycles. The van der Waals surface area contributed by atoms with Gasteiger partial charge in [-0.25, -0.2) is 4.39 Å². The molecule has 0 aromatic heterocycles. The van der Waals surface area contributed by atoms with Gasteiger partial charge < -0.3 is 5.11 Å². The second-order valence-corrected chi connectivity index (χ2v) is 5.29. The van der Waals surface area contributed by atoms with Crippen LogP contribution in [0.2, 0.25) is 0 Å². The zero-order chi connectivity index (χ0) is 14.6. The molecule has 2 nitrogen and oxygen atoms in total. The van der Waals surface area contributed by atoms with Gasteiger partial charge in [-0.2, -0.15) is 0 Å². The van der Waals surface area contributed by atoms with Crippen molar-refractivity contribution in [3.63, 3.8) is 0 Å². The molecule has 0 aliphatic carbocycles. The number of hydrogen-bond donors (Lipinski definition) is 1. The summed E-state index contributed by atoms with van der Waals surface area (Å²) in [4.78, 5) is 2.24. The number of aliphatic hydroxyl groups is 1. The molecule has 2 unspecified atom stereocenters. The molecule has 3 heteroatoms. The number of hydrogen-bond acceptors (Lipinski definition) is 2. The largest absolute Gasteiger partial charge is 0.386 e. The molecular weight excluding hydrogens is 241 g/mol. The third-order valence-electron chi connectivity index (χ3n) is 4.33. The first-order valence-electron chi connectivity index (χ1n) is 7.09. The SMILES string of the molecule is CCN(CC)C(C)(CC)C(O)c1cc(F)ccc1C. The fraction of sp³-hybridized carbons (Fsp3) is 0.625. The molecule has 0 saturated heterocycles. The van der Waals surface area contributed by atoms with Crippen LogP contribution < -0.4 is 0 Å². The van der Waals surface area contributed by atoms with Crippen LogP contribution in [0, 0.1) is 12.7 Å². The highest BCUT2D eigenvalue weighted by atomic mass is 19.1. The molecule has 1 N–H and O–H groups in total. The summed E-state index contributed by atoms with van der Waals surface area (Å²) >= 11 is 0. The molecule has 0 aliphatic rings. The van der Waals surface area contributed by atoms with Crippen LogP contribution in [0.15, 0.2) is 18.2 Å². The Hall–Kier alpha value is -0.930. The van der Waals surface area contributed by atoms with Crippen molar-refractivity contribution in [2.75, 3.05) is 13.1 Å². The van der Waals surface area contributed by atoms with E-state index in [2.05, 4.69) is 32.6 Å². The average Bonchev–Trinajstić information content (AvgIpc) is 2.41. The number of rotatable bonds is 6. The highest BCUT2D eigenvalue weighted by Gasteiger charge is 2.37. The lowest BCUT2D eigenvalue weighted by Crippen LogP contribution is -2.50. The van der Waals surface area contributed by atoms with Gasteiger partial charge in [-0.3, -0.25) is 4.90 Å². The Labute approximate surface area is 116 Å². The van der Waals surface area contributed by atoms with Gasteiger partial charge in [0, 0.05) is 5.54 Å². The van der Waals surface area contributed by atoms with Crippen LogP contribution in [0.4, 0.5) is 4.39 Å². The molecule has 0 amide bonds. The van der Waals surface area contributed by atoms with Crippen LogP contribution in [-0.4, -0.2) is 28.6 Å². The van der Waals surface area contributed by atoms with E-state index in [0.717, 1.165) is 25.1 Å². The minimum Gasteiger partial charge on any atom is -0.386 e. The number of aryl methyl sites for hydroxylation is 1.